The summed E-state index contributed by atoms with van der Waals surface area (Å²) in [6, 6.07) is 32.2. The number of aliphatic hydroxyl groups is 1. The number of phenols is 1. The summed E-state index contributed by atoms with van der Waals surface area (Å²) in [5.74, 6) is 0.886. The zero-order valence-corrected chi connectivity index (χ0v) is 22.0. The van der Waals surface area contributed by atoms with E-state index in [-0.39, 0.29) is 28.6 Å². The quantitative estimate of drug-likeness (QED) is 0.274. The molecular weight excluding hydrogens is 476 g/mol. The molecule has 0 radical (unpaired) electrons. The Morgan fingerprint density at radius 2 is 1.49 bits per heavy atom. The summed E-state index contributed by atoms with van der Waals surface area (Å²) in [5.41, 5.74) is 7.77. The molecule has 4 heteroatoms. The lowest BCUT2D eigenvalue weighted by atomic mass is 9.83. The molecule has 0 spiro atoms. The highest BCUT2D eigenvalue weighted by Gasteiger charge is 2.44. The molecule has 37 heavy (non-hydrogen) atoms. The van der Waals surface area contributed by atoms with Gasteiger partial charge in [0.15, 0.2) is 0 Å². The van der Waals surface area contributed by atoms with Crippen molar-refractivity contribution < 1.29 is 15.0 Å². The third-order valence-corrected chi connectivity index (χ3v) is 8.79. The fourth-order valence-corrected chi connectivity index (χ4v) is 6.74. The van der Waals surface area contributed by atoms with E-state index in [1.165, 1.54) is 11.1 Å². The zero-order valence-electron chi connectivity index (χ0n) is 21.2. The topological polar surface area (TPSA) is 57.5 Å². The van der Waals surface area contributed by atoms with E-state index in [0.717, 1.165) is 27.8 Å². The number of aromatic hydroxyl groups is 1. The van der Waals surface area contributed by atoms with Crippen LogP contribution in [0, 0.1) is 13.8 Å². The van der Waals surface area contributed by atoms with Crippen molar-refractivity contribution in [2.24, 2.45) is 0 Å². The van der Waals surface area contributed by atoms with Gasteiger partial charge in [-0.05, 0) is 59.7 Å². The first-order chi connectivity index (χ1) is 17.9. The predicted molar refractivity (Wildman–Crippen MR) is 152 cm³/mol. The van der Waals surface area contributed by atoms with Crippen LogP contribution in [0.5, 0.6) is 5.75 Å². The van der Waals surface area contributed by atoms with Gasteiger partial charge in [0.05, 0.1) is 11.4 Å². The van der Waals surface area contributed by atoms with Gasteiger partial charge in [-0.2, -0.15) is 0 Å². The smallest absolute Gasteiger partial charge is 0.147 e. The molecule has 1 saturated carbocycles. The number of Topliss-reactive ketones (excluding diaryl/α,β-unsaturated/α-hetero) is 1. The van der Waals surface area contributed by atoms with E-state index < -0.39 is 6.10 Å². The van der Waals surface area contributed by atoms with Crippen molar-refractivity contribution in [3.05, 3.63) is 125 Å². The number of carbonyl (C=O) groups is 1. The van der Waals surface area contributed by atoms with Crippen LogP contribution in [0.4, 0.5) is 0 Å². The molecule has 4 aromatic rings. The predicted octanol–water partition coefficient (Wildman–Crippen LogP) is 7.35. The Kier molecular flexibility index (Phi) is 7.50. The van der Waals surface area contributed by atoms with Crippen LogP contribution in [0.25, 0.3) is 11.1 Å². The van der Waals surface area contributed by atoms with Crippen LogP contribution in [0.2, 0.25) is 0 Å². The molecule has 0 aromatic heterocycles. The second-order valence-electron chi connectivity index (χ2n) is 10.1. The highest BCUT2D eigenvalue weighted by molar-refractivity contribution is 8.00. The van der Waals surface area contributed by atoms with E-state index in [0.29, 0.717) is 12.2 Å². The van der Waals surface area contributed by atoms with Crippen molar-refractivity contribution in [1.29, 1.82) is 0 Å². The van der Waals surface area contributed by atoms with Crippen molar-refractivity contribution >= 4 is 17.5 Å². The molecule has 2 N–H and O–H groups in total. The Balaban J connectivity index is 1.41. The van der Waals surface area contributed by atoms with E-state index >= 15 is 0 Å². The Hall–Kier alpha value is -3.34. The average molecular weight is 509 g/mol. The van der Waals surface area contributed by atoms with Gasteiger partial charge in [-0.1, -0.05) is 96.1 Å². The van der Waals surface area contributed by atoms with Crippen LogP contribution < -0.4 is 0 Å². The fourth-order valence-electron chi connectivity index (χ4n) is 5.32. The lowest BCUT2D eigenvalue weighted by molar-refractivity contribution is -0.117. The molecule has 0 bridgehead atoms. The molecule has 0 heterocycles. The third-order valence-electron chi connectivity index (χ3n) is 7.36. The average Bonchev–Trinajstić information content (AvgIpc) is 3.24. The number of hydrogen-bond donors (Lipinski definition) is 2. The van der Waals surface area contributed by atoms with Gasteiger partial charge in [0.1, 0.15) is 11.5 Å². The highest BCUT2D eigenvalue weighted by Crippen LogP contribution is 2.50. The summed E-state index contributed by atoms with van der Waals surface area (Å²) < 4.78 is 0. The summed E-state index contributed by atoms with van der Waals surface area (Å²) in [6.07, 6.45) is -0.167. The maximum atomic E-state index is 13.4. The third kappa shape index (κ3) is 5.66. The SMILES string of the molecule is Cc1ccc([C@@H](O)CS[C@H]2C(=O)CC(c3ccc(-c4cccc(C)c4)cc3)[C@@H]2c2ccc(O)cc2)cc1. The number of aryl methyl sites for hydroxylation is 2. The van der Waals surface area contributed by atoms with Crippen molar-refractivity contribution in [2.75, 3.05) is 5.75 Å². The molecule has 4 aromatic carbocycles. The van der Waals surface area contributed by atoms with Gasteiger partial charge in [-0.25, -0.2) is 0 Å². The first kappa shape index (κ1) is 25.3. The normalized spacial score (nSPS) is 20.2. The van der Waals surface area contributed by atoms with E-state index in [9.17, 15) is 15.0 Å². The Morgan fingerprint density at radius 3 is 2.16 bits per heavy atom. The van der Waals surface area contributed by atoms with Gasteiger partial charge in [0.2, 0.25) is 0 Å². The Bertz CT molecular complexity index is 1360. The van der Waals surface area contributed by atoms with Crippen LogP contribution >= 0.6 is 11.8 Å². The lowest BCUT2D eigenvalue weighted by Gasteiger charge is -2.25. The maximum Gasteiger partial charge on any atom is 0.147 e. The van der Waals surface area contributed by atoms with Crippen LogP contribution in [0.1, 0.15) is 52.2 Å². The number of phenolic OH excluding ortho intramolecular Hbond substituents is 1. The minimum absolute atomic E-state index is 0.0341. The second-order valence-corrected chi connectivity index (χ2v) is 11.2. The largest absolute Gasteiger partial charge is 0.508 e. The van der Waals surface area contributed by atoms with Gasteiger partial charge in [0.25, 0.3) is 0 Å². The Labute approximate surface area is 223 Å². The molecule has 1 fully saturated rings. The molecule has 1 unspecified atom stereocenters. The first-order valence-electron chi connectivity index (χ1n) is 12.7. The van der Waals surface area contributed by atoms with Gasteiger partial charge in [0, 0.05) is 18.1 Å². The van der Waals surface area contributed by atoms with Crippen LogP contribution in [-0.2, 0) is 4.79 Å². The first-order valence-corrected chi connectivity index (χ1v) is 13.8. The molecule has 0 aliphatic heterocycles. The number of thioether (sulfide) groups is 1. The van der Waals surface area contributed by atoms with Crippen LogP contribution in [0.15, 0.2) is 97.1 Å². The van der Waals surface area contributed by atoms with E-state index in [4.69, 9.17) is 0 Å². The van der Waals surface area contributed by atoms with Crippen molar-refractivity contribution in [1.82, 2.24) is 0 Å². The lowest BCUT2D eigenvalue weighted by Crippen LogP contribution is -2.20. The molecule has 0 saturated heterocycles. The molecule has 3 nitrogen and oxygen atoms in total. The molecule has 0 amide bonds. The number of aliphatic hydroxyl groups excluding tert-OH is 1. The summed E-state index contributed by atoms with van der Waals surface area (Å²) in [5, 5.41) is 20.4. The van der Waals surface area contributed by atoms with Crippen molar-refractivity contribution in [3.8, 4) is 16.9 Å². The number of carbonyl (C=O) groups excluding carboxylic acids is 1. The van der Waals surface area contributed by atoms with Gasteiger partial charge in [-0.3, -0.25) is 4.79 Å². The summed E-state index contributed by atoms with van der Waals surface area (Å²) >= 11 is 1.54. The molecular formula is C33H32O3S. The monoisotopic (exact) mass is 508 g/mol. The van der Waals surface area contributed by atoms with Crippen LogP contribution in [-0.4, -0.2) is 27.0 Å². The number of hydrogen-bond acceptors (Lipinski definition) is 4. The van der Waals surface area contributed by atoms with Crippen molar-refractivity contribution in [3.63, 3.8) is 0 Å². The summed E-state index contributed by atoms with van der Waals surface area (Å²) in [7, 11) is 0. The molecule has 188 valence electrons. The fraction of sp³-hybridized carbons (Fsp3) is 0.242. The maximum absolute atomic E-state index is 13.4. The van der Waals surface area contributed by atoms with E-state index in [1.54, 1.807) is 23.9 Å². The van der Waals surface area contributed by atoms with Gasteiger partial charge >= 0.3 is 0 Å². The zero-order chi connectivity index (χ0) is 25.9. The summed E-state index contributed by atoms with van der Waals surface area (Å²) in [6.45, 7) is 4.12. The number of rotatable bonds is 7. The second kappa shape index (κ2) is 11.0. The minimum atomic E-state index is -0.633. The standard InChI is InChI=1S/C33H32O3S/c1-21-6-8-25(9-7-21)31(36)20-37-33-30(35)19-29(32(33)26-14-16-28(34)17-15-26)24-12-10-23(11-13-24)27-5-3-4-22(2)18-27/h3-18,29,31-34,36H,19-20H2,1-2H3/t29?,31-,32-,33-/m0/s1. The molecule has 1 aliphatic rings. The Morgan fingerprint density at radius 1 is 0.811 bits per heavy atom. The van der Waals surface area contributed by atoms with E-state index in [2.05, 4.69) is 55.5 Å². The summed E-state index contributed by atoms with van der Waals surface area (Å²) in [4.78, 5) is 13.4. The minimum Gasteiger partial charge on any atom is -0.508 e. The van der Waals surface area contributed by atoms with Crippen molar-refractivity contribution in [2.45, 2.75) is 43.5 Å². The van der Waals surface area contributed by atoms with Gasteiger partial charge < -0.3 is 10.2 Å². The number of benzene rings is 4. The van der Waals surface area contributed by atoms with Crippen LogP contribution in [0.3, 0.4) is 0 Å². The van der Waals surface area contributed by atoms with Gasteiger partial charge in [-0.15, -0.1) is 11.8 Å². The highest BCUT2D eigenvalue weighted by atomic mass is 32.2. The molecule has 5 rings (SSSR count). The number of ketones is 1. The molecule has 4 atom stereocenters. The van der Waals surface area contributed by atoms with E-state index in [1.807, 2.05) is 43.3 Å². The molecule has 1 aliphatic carbocycles.